The molecular formula is C65H48N4OS2. The lowest BCUT2D eigenvalue weighted by Crippen LogP contribution is -2.22. The van der Waals surface area contributed by atoms with Gasteiger partial charge in [-0.05, 0) is 101 Å². The first-order chi connectivity index (χ1) is 35.5. The van der Waals surface area contributed by atoms with Crippen LogP contribution in [0.25, 0.3) is 114 Å². The van der Waals surface area contributed by atoms with Gasteiger partial charge in [-0.15, -0.1) is 22.7 Å². The van der Waals surface area contributed by atoms with E-state index < -0.39 is 0 Å². The quantitative estimate of drug-likeness (QED) is 0.122. The van der Waals surface area contributed by atoms with Crippen LogP contribution in [-0.4, -0.2) is 23.7 Å². The Morgan fingerprint density at radius 3 is 2.18 bits per heavy atom. The number of aliphatic imine (C=N–C) groups is 2. The van der Waals surface area contributed by atoms with E-state index in [1.807, 2.05) is 59.1 Å². The van der Waals surface area contributed by atoms with Crippen molar-refractivity contribution in [3.05, 3.63) is 234 Å². The maximum atomic E-state index is 6.21. The Kier molecular flexibility index (Phi) is 11.8. The molecule has 0 bridgehead atoms. The molecule has 4 heterocycles. The molecule has 0 fully saturated rings. The van der Waals surface area contributed by atoms with Gasteiger partial charge in [0, 0.05) is 79.7 Å². The number of furan rings is 1. The van der Waals surface area contributed by atoms with E-state index in [-0.39, 0.29) is 0 Å². The third-order valence-corrected chi connectivity index (χ3v) is 16.0. The van der Waals surface area contributed by atoms with Gasteiger partial charge in [-0.1, -0.05) is 165 Å². The summed E-state index contributed by atoms with van der Waals surface area (Å²) >= 11 is 3.72. The van der Waals surface area contributed by atoms with Crippen LogP contribution in [0.15, 0.2) is 215 Å². The Morgan fingerprint density at radius 1 is 0.653 bits per heavy atom. The zero-order valence-electron chi connectivity index (χ0n) is 39.5. The number of para-hydroxylation sites is 1. The summed E-state index contributed by atoms with van der Waals surface area (Å²) in [5.41, 5.74) is 19.9. The average Bonchev–Trinajstić information content (AvgIpc) is 4.13. The molecule has 13 rings (SSSR count). The molecule has 72 heavy (non-hydrogen) atoms. The average molecular weight is 965 g/mol. The molecule has 12 aromatic rings. The minimum Gasteiger partial charge on any atom is -0.457 e. The number of benzene rings is 8. The predicted molar refractivity (Wildman–Crippen MR) is 312 cm³/mol. The fraction of sp³-hybridized carbons (Fsp3) is 0.0462. The van der Waals surface area contributed by atoms with E-state index in [1.165, 1.54) is 84.9 Å². The van der Waals surface area contributed by atoms with Crippen molar-refractivity contribution in [2.75, 3.05) is 6.54 Å². The molecule has 5 nitrogen and oxygen atoms in total. The van der Waals surface area contributed by atoms with E-state index in [9.17, 15) is 0 Å². The van der Waals surface area contributed by atoms with E-state index in [1.54, 1.807) is 0 Å². The normalized spacial score (nSPS) is 12.9. The molecular weight excluding hydrogens is 917 g/mol. The number of thiophene rings is 2. The molecule has 0 atom stereocenters. The number of nitrogens with two attached hydrogens (primary N) is 1. The lowest BCUT2D eigenvalue weighted by atomic mass is 9.94. The third-order valence-electron chi connectivity index (χ3n) is 13.6. The van der Waals surface area contributed by atoms with Gasteiger partial charge >= 0.3 is 0 Å². The maximum Gasteiger partial charge on any atom is 0.154 e. The largest absolute Gasteiger partial charge is 0.457 e. The lowest BCUT2D eigenvalue weighted by Gasteiger charge is -2.10. The first-order valence-corrected chi connectivity index (χ1v) is 25.7. The molecule has 1 aliphatic carbocycles. The maximum absolute atomic E-state index is 6.21. The molecule has 2 N–H and O–H groups in total. The first-order valence-electron chi connectivity index (χ1n) is 24.1. The number of allylic oxidation sites excluding steroid dienone is 2. The van der Waals surface area contributed by atoms with Gasteiger partial charge in [0.2, 0.25) is 0 Å². The van der Waals surface area contributed by atoms with Gasteiger partial charge in [0.25, 0.3) is 0 Å². The minimum absolute atomic E-state index is 0.367. The van der Waals surface area contributed by atoms with Crippen molar-refractivity contribution in [3.63, 3.8) is 0 Å². The minimum atomic E-state index is 0.367. The molecule has 0 amide bonds. The second kappa shape index (κ2) is 19.0. The highest BCUT2D eigenvalue weighted by atomic mass is 32.1. The lowest BCUT2D eigenvalue weighted by molar-refractivity contribution is 0.577. The van der Waals surface area contributed by atoms with Crippen LogP contribution in [0.4, 0.5) is 0 Å². The molecule has 346 valence electrons. The van der Waals surface area contributed by atoms with E-state index in [4.69, 9.17) is 15.1 Å². The van der Waals surface area contributed by atoms with Gasteiger partial charge < -0.3 is 14.7 Å². The van der Waals surface area contributed by atoms with Gasteiger partial charge in [-0.3, -0.25) is 4.99 Å². The number of amidine groups is 1. The molecule has 0 radical (unpaired) electrons. The van der Waals surface area contributed by atoms with Crippen molar-refractivity contribution >= 4 is 122 Å². The predicted octanol–water partition coefficient (Wildman–Crippen LogP) is 15.9. The van der Waals surface area contributed by atoms with Gasteiger partial charge in [-0.25, -0.2) is 4.99 Å². The topological polar surface area (TPSA) is 68.8 Å². The van der Waals surface area contributed by atoms with E-state index in [2.05, 4.69) is 199 Å². The standard InChI is InChI=1S/C45H30N2OS2.C20H18N2/c1-4-28(26-47-45(46-3)29-12-6-5-7-13-29)42-27(2)48-38-23-19-30(24-37(38)42)32-21-22-33(44-43(32)36-15-9-11-17-40(36)50-44)31-18-20-35-34-14-8-10-16-39(34)49-41(35)25-31;21-14-15-7-6-8-16(13-15)22-19-11-3-1-2-9-17(19)18-10-4-5-12-20(18)22/h4-25H,1-3,26H2;2-13H,1,14,21H2/b42-28-,47-45?;. The van der Waals surface area contributed by atoms with Crippen molar-refractivity contribution < 1.29 is 4.42 Å². The molecule has 0 unspecified atom stereocenters. The number of aromatic nitrogens is 1. The van der Waals surface area contributed by atoms with Crippen LogP contribution in [0.2, 0.25) is 0 Å². The summed E-state index contributed by atoms with van der Waals surface area (Å²) in [4.78, 5) is 9.02. The van der Waals surface area contributed by atoms with Gasteiger partial charge in [0.1, 0.15) is 11.0 Å². The Balaban J connectivity index is 0.000000200. The van der Waals surface area contributed by atoms with Crippen molar-refractivity contribution in [3.8, 4) is 27.9 Å². The fourth-order valence-electron chi connectivity index (χ4n) is 10.3. The van der Waals surface area contributed by atoms with Crippen LogP contribution < -0.4 is 16.4 Å². The van der Waals surface area contributed by atoms with Crippen molar-refractivity contribution in [2.45, 2.75) is 13.0 Å². The second-order valence-corrected chi connectivity index (χ2v) is 20.0. The Hall–Kier alpha value is -8.46. The van der Waals surface area contributed by atoms with E-state index >= 15 is 0 Å². The van der Waals surface area contributed by atoms with Gasteiger partial charge in [0.05, 0.1) is 17.8 Å². The number of fused-ring (bicyclic) bond motifs is 10. The summed E-state index contributed by atoms with van der Waals surface area (Å²) in [7, 11) is 0. The molecule has 0 saturated carbocycles. The Labute approximate surface area is 425 Å². The number of hydrogen-bond acceptors (Lipinski definition) is 5. The number of hydrogen-bond donors (Lipinski definition) is 1. The van der Waals surface area contributed by atoms with Crippen LogP contribution in [-0.2, 0) is 6.54 Å². The summed E-state index contributed by atoms with van der Waals surface area (Å²) in [6.07, 6.45) is 11.7. The van der Waals surface area contributed by atoms with Gasteiger partial charge in [-0.2, -0.15) is 0 Å². The molecule has 0 aliphatic heterocycles. The van der Waals surface area contributed by atoms with Gasteiger partial charge in [0.15, 0.2) is 5.84 Å². The Bertz CT molecular complexity index is 4330. The zero-order chi connectivity index (χ0) is 48.7. The molecule has 0 spiro atoms. The van der Waals surface area contributed by atoms with Crippen LogP contribution >= 0.6 is 22.7 Å². The summed E-state index contributed by atoms with van der Waals surface area (Å²) in [5, 5.41) is 8.34. The van der Waals surface area contributed by atoms with Crippen LogP contribution in [0.3, 0.4) is 0 Å². The summed E-state index contributed by atoms with van der Waals surface area (Å²) in [5.74, 6) is 0.586. The molecule has 8 aromatic carbocycles. The highest BCUT2D eigenvalue weighted by Crippen LogP contribution is 2.46. The summed E-state index contributed by atoms with van der Waals surface area (Å²) in [6, 6.07) is 62.2. The molecule has 0 saturated heterocycles. The van der Waals surface area contributed by atoms with Crippen molar-refractivity contribution in [1.29, 1.82) is 0 Å². The van der Waals surface area contributed by atoms with E-state index in [0.717, 1.165) is 44.9 Å². The Morgan fingerprint density at radius 2 is 1.36 bits per heavy atom. The molecule has 1 aliphatic rings. The van der Waals surface area contributed by atoms with E-state index in [0.29, 0.717) is 24.3 Å². The smallest absolute Gasteiger partial charge is 0.154 e. The van der Waals surface area contributed by atoms with Crippen molar-refractivity contribution in [2.24, 2.45) is 15.7 Å². The third kappa shape index (κ3) is 7.94. The zero-order valence-corrected chi connectivity index (χ0v) is 41.1. The first kappa shape index (κ1) is 44.7. The summed E-state index contributed by atoms with van der Waals surface area (Å²) in [6.45, 7) is 13.1. The summed E-state index contributed by atoms with van der Waals surface area (Å²) < 4.78 is 13.7. The number of nitrogens with zero attached hydrogens (tertiary/aromatic N) is 3. The van der Waals surface area contributed by atoms with Crippen LogP contribution in [0.1, 0.15) is 28.8 Å². The highest BCUT2D eigenvalue weighted by molar-refractivity contribution is 7.26. The molecule has 7 heteroatoms. The van der Waals surface area contributed by atoms with Crippen LogP contribution in [0.5, 0.6) is 0 Å². The van der Waals surface area contributed by atoms with Crippen molar-refractivity contribution in [1.82, 2.24) is 4.57 Å². The highest BCUT2D eigenvalue weighted by Gasteiger charge is 2.19. The second-order valence-electron chi connectivity index (χ2n) is 17.8. The molecule has 4 aromatic heterocycles. The van der Waals surface area contributed by atoms with Crippen LogP contribution in [0, 0.1) is 0 Å². The fourth-order valence-corrected chi connectivity index (χ4v) is 12.7. The monoisotopic (exact) mass is 964 g/mol. The number of rotatable bonds is 8. The SMILES string of the molecule is C=C/C(CN=C(N=C)c1ccccc1)=c1\c(=C)oc2ccc(-c3ccc(-c4ccc5c(c4)sc4ccccc45)c4sc5ccccc5c34)cc12.NCc1cccc(-n2c3c(c4ccccc42)C=CCC=C3)c1.